The molecule has 112 valence electrons. The lowest BCUT2D eigenvalue weighted by atomic mass is 10.2. The van der Waals surface area contributed by atoms with Crippen LogP contribution in [0.1, 0.15) is 24.2 Å². The van der Waals surface area contributed by atoms with Crippen molar-refractivity contribution < 1.29 is 14.4 Å². The Morgan fingerprint density at radius 1 is 1.29 bits per heavy atom. The third-order valence-corrected chi connectivity index (χ3v) is 4.70. The Morgan fingerprint density at radius 3 is 2.57 bits per heavy atom. The van der Waals surface area contributed by atoms with Crippen LogP contribution in [0.25, 0.3) is 0 Å². The molecule has 0 unspecified atom stereocenters. The van der Waals surface area contributed by atoms with Crippen LogP contribution in [0, 0.1) is 0 Å². The first-order valence-electron chi connectivity index (χ1n) is 6.48. The summed E-state index contributed by atoms with van der Waals surface area (Å²) in [6.45, 7) is 3.75. The fourth-order valence-electron chi connectivity index (χ4n) is 2.08. The Bertz CT molecular complexity index is 548. The van der Waals surface area contributed by atoms with Gasteiger partial charge in [0.15, 0.2) is 0 Å². The summed E-state index contributed by atoms with van der Waals surface area (Å²) in [6.07, 6.45) is 0.670. The van der Waals surface area contributed by atoms with Crippen LogP contribution in [-0.4, -0.2) is 39.8 Å². The normalized spacial score (nSPS) is 19.9. The van der Waals surface area contributed by atoms with Crippen LogP contribution in [0.3, 0.4) is 0 Å². The molecular formula is C14H17N3O3S. The highest BCUT2D eigenvalue weighted by atomic mass is 32.2. The predicted molar refractivity (Wildman–Crippen MR) is 80.3 cm³/mol. The minimum Gasteiger partial charge on any atom is -0.318 e. The van der Waals surface area contributed by atoms with E-state index in [4.69, 9.17) is 0 Å². The zero-order valence-corrected chi connectivity index (χ0v) is 12.6. The standard InChI is InChI=1S/C14H17N3O3S/c1-14(2)17(9-18)11(8-21-14)13(20)16-15-12(19)10-6-4-3-5-7-10/h3-7,9,11H,8H2,1-2H3,(H,15,19)(H,16,20)/t11-/m0/s1. The van der Waals surface area contributed by atoms with Crippen molar-refractivity contribution in [2.24, 2.45) is 0 Å². The number of carbonyl (C=O) groups is 3. The molecule has 0 saturated carbocycles. The Hall–Kier alpha value is -2.02. The second-order valence-electron chi connectivity index (χ2n) is 5.10. The maximum atomic E-state index is 12.1. The maximum absolute atomic E-state index is 12.1. The van der Waals surface area contributed by atoms with E-state index in [9.17, 15) is 14.4 Å². The fourth-order valence-corrected chi connectivity index (χ4v) is 3.28. The Kier molecular flexibility index (Phi) is 4.52. The van der Waals surface area contributed by atoms with Crippen molar-refractivity contribution >= 4 is 30.0 Å². The van der Waals surface area contributed by atoms with Gasteiger partial charge >= 0.3 is 0 Å². The lowest BCUT2D eigenvalue weighted by Gasteiger charge is -2.30. The number of hydrazine groups is 1. The molecule has 0 aromatic heterocycles. The van der Waals surface area contributed by atoms with Gasteiger partial charge in [-0.25, -0.2) is 0 Å². The zero-order chi connectivity index (χ0) is 15.5. The Labute approximate surface area is 127 Å². The van der Waals surface area contributed by atoms with Crippen molar-refractivity contribution in [3.05, 3.63) is 35.9 Å². The van der Waals surface area contributed by atoms with E-state index >= 15 is 0 Å². The number of rotatable bonds is 3. The highest BCUT2D eigenvalue weighted by Gasteiger charge is 2.42. The van der Waals surface area contributed by atoms with E-state index in [1.807, 2.05) is 13.8 Å². The van der Waals surface area contributed by atoms with Crippen molar-refractivity contribution in [1.29, 1.82) is 0 Å². The van der Waals surface area contributed by atoms with Crippen molar-refractivity contribution in [3.8, 4) is 0 Å². The van der Waals surface area contributed by atoms with E-state index in [-0.39, 0.29) is 0 Å². The first-order valence-corrected chi connectivity index (χ1v) is 7.47. The molecule has 2 N–H and O–H groups in total. The molecule has 2 rings (SSSR count). The molecular weight excluding hydrogens is 290 g/mol. The van der Waals surface area contributed by atoms with Gasteiger partial charge in [-0.05, 0) is 26.0 Å². The smallest absolute Gasteiger partial charge is 0.269 e. The lowest BCUT2D eigenvalue weighted by Crippen LogP contribution is -2.53. The minimum atomic E-state index is -0.585. The number of hydrogen-bond acceptors (Lipinski definition) is 4. The number of carbonyl (C=O) groups excluding carboxylic acids is 3. The summed E-state index contributed by atoms with van der Waals surface area (Å²) < 4.78 is 0. The fraction of sp³-hybridized carbons (Fsp3) is 0.357. The van der Waals surface area contributed by atoms with Crippen LogP contribution < -0.4 is 10.9 Å². The molecule has 1 aromatic carbocycles. The van der Waals surface area contributed by atoms with E-state index < -0.39 is 22.7 Å². The molecule has 7 heteroatoms. The summed E-state index contributed by atoms with van der Waals surface area (Å²) in [6, 6.07) is 7.98. The van der Waals surface area contributed by atoms with Crippen LogP contribution in [-0.2, 0) is 9.59 Å². The van der Waals surface area contributed by atoms with E-state index in [2.05, 4.69) is 10.9 Å². The van der Waals surface area contributed by atoms with Crippen LogP contribution >= 0.6 is 11.8 Å². The maximum Gasteiger partial charge on any atom is 0.269 e. The second-order valence-corrected chi connectivity index (χ2v) is 6.72. The van der Waals surface area contributed by atoms with Gasteiger partial charge in [0, 0.05) is 11.3 Å². The summed E-state index contributed by atoms with van der Waals surface area (Å²) in [5.74, 6) is -0.297. The largest absolute Gasteiger partial charge is 0.318 e. The molecule has 0 spiro atoms. The molecule has 1 saturated heterocycles. The molecule has 1 aliphatic rings. The van der Waals surface area contributed by atoms with Gasteiger partial charge in [0.2, 0.25) is 6.41 Å². The topological polar surface area (TPSA) is 78.5 Å². The minimum absolute atomic E-state index is 0.397. The molecule has 6 nitrogen and oxygen atoms in total. The van der Waals surface area contributed by atoms with E-state index in [1.54, 1.807) is 30.3 Å². The molecule has 21 heavy (non-hydrogen) atoms. The summed E-state index contributed by atoms with van der Waals surface area (Å²) in [5, 5.41) is 0. The third-order valence-electron chi connectivity index (χ3n) is 3.30. The van der Waals surface area contributed by atoms with Gasteiger partial charge in [-0.3, -0.25) is 25.2 Å². The number of hydrogen-bond donors (Lipinski definition) is 2. The Balaban J connectivity index is 1.94. The molecule has 0 aliphatic carbocycles. The van der Waals surface area contributed by atoms with Crippen molar-refractivity contribution in [1.82, 2.24) is 15.8 Å². The SMILES string of the molecule is CC1(C)SC[C@@H](C(=O)NNC(=O)c2ccccc2)N1C=O. The van der Waals surface area contributed by atoms with Gasteiger partial charge in [-0.1, -0.05) is 18.2 Å². The van der Waals surface area contributed by atoms with Gasteiger partial charge in [-0.2, -0.15) is 0 Å². The summed E-state index contributed by atoms with van der Waals surface area (Å²) >= 11 is 1.52. The molecule has 3 amide bonds. The molecule has 0 radical (unpaired) electrons. The summed E-state index contributed by atoms with van der Waals surface area (Å²) in [4.78, 5) is 36.1. The average molecular weight is 307 g/mol. The number of thioether (sulfide) groups is 1. The second kappa shape index (κ2) is 6.17. The summed E-state index contributed by atoms with van der Waals surface area (Å²) in [5.41, 5.74) is 5.18. The van der Waals surface area contributed by atoms with Gasteiger partial charge in [0.25, 0.3) is 11.8 Å². The highest BCUT2D eigenvalue weighted by molar-refractivity contribution is 8.00. The average Bonchev–Trinajstić information content (AvgIpc) is 2.80. The summed E-state index contributed by atoms with van der Waals surface area (Å²) in [7, 11) is 0. The highest BCUT2D eigenvalue weighted by Crippen LogP contribution is 2.37. The van der Waals surface area contributed by atoms with E-state index in [0.29, 0.717) is 17.7 Å². The van der Waals surface area contributed by atoms with Gasteiger partial charge in [0.1, 0.15) is 6.04 Å². The molecule has 1 atom stereocenters. The Morgan fingerprint density at radius 2 is 1.95 bits per heavy atom. The van der Waals surface area contributed by atoms with Crippen LogP contribution in [0.15, 0.2) is 30.3 Å². The third kappa shape index (κ3) is 3.36. The van der Waals surface area contributed by atoms with Crippen LogP contribution in [0.4, 0.5) is 0 Å². The van der Waals surface area contributed by atoms with Crippen molar-refractivity contribution in [3.63, 3.8) is 0 Å². The van der Waals surface area contributed by atoms with Gasteiger partial charge < -0.3 is 4.90 Å². The molecule has 0 bridgehead atoms. The molecule has 1 heterocycles. The molecule has 1 fully saturated rings. The lowest BCUT2D eigenvalue weighted by molar-refractivity contribution is -0.133. The molecule has 1 aliphatic heterocycles. The van der Waals surface area contributed by atoms with Gasteiger partial charge in [-0.15, -0.1) is 11.8 Å². The number of amides is 3. The first-order chi connectivity index (χ1) is 9.95. The predicted octanol–water partition coefficient (Wildman–Crippen LogP) is 0.757. The molecule has 1 aromatic rings. The van der Waals surface area contributed by atoms with Gasteiger partial charge in [0.05, 0.1) is 4.87 Å². The van der Waals surface area contributed by atoms with Crippen LogP contribution in [0.2, 0.25) is 0 Å². The van der Waals surface area contributed by atoms with E-state index in [1.165, 1.54) is 16.7 Å². The van der Waals surface area contributed by atoms with Crippen molar-refractivity contribution in [2.75, 3.05) is 5.75 Å². The number of nitrogens with one attached hydrogen (secondary N) is 2. The number of benzene rings is 1. The van der Waals surface area contributed by atoms with E-state index in [0.717, 1.165) is 0 Å². The van der Waals surface area contributed by atoms with Crippen molar-refractivity contribution in [2.45, 2.75) is 24.8 Å². The monoisotopic (exact) mass is 307 g/mol. The van der Waals surface area contributed by atoms with Crippen LogP contribution in [0.5, 0.6) is 0 Å². The quantitative estimate of drug-likeness (QED) is 0.638. The first kappa shape index (κ1) is 15.4. The number of nitrogens with zero attached hydrogens (tertiary/aromatic N) is 1. The zero-order valence-electron chi connectivity index (χ0n) is 11.8.